The molecule has 2 aromatic rings. The van der Waals surface area contributed by atoms with Crippen molar-refractivity contribution in [2.24, 2.45) is 5.92 Å². The Labute approximate surface area is 148 Å². The summed E-state index contributed by atoms with van der Waals surface area (Å²) < 4.78 is 0.676. The lowest BCUT2D eigenvalue weighted by molar-refractivity contribution is -0.119. The molecule has 0 bridgehead atoms. The fraction of sp³-hybridized carbons (Fsp3) is 0.375. The van der Waals surface area contributed by atoms with Crippen LogP contribution in [-0.2, 0) is 16.0 Å². The summed E-state index contributed by atoms with van der Waals surface area (Å²) in [5, 5.41) is 11.1. The molecule has 0 unspecified atom stereocenters. The van der Waals surface area contributed by atoms with Crippen molar-refractivity contribution in [2.45, 2.75) is 24.6 Å². The highest BCUT2D eigenvalue weighted by Gasteiger charge is 2.24. The number of benzene rings is 1. The number of nitrogens with one attached hydrogen (secondary N) is 1. The Bertz CT molecular complexity index is 760. The van der Waals surface area contributed by atoms with Gasteiger partial charge in [-0.2, -0.15) is 0 Å². The van der Waals surface area contributed by atoms with E-state index in [9.17, 15) is 9.59 Å². The number of rotatable bonds is 5. The number of carbonyl (C=O) groups is 2. The van der Waals surface area contributed by atoms with Gasteiger partial charge >= 0.3 is 0 Å². The number of nitrogens with zero attached hydrogens (tertiary/aromatic N) is 3. The van der Waals surface area contributed by atoms with E-state index in [-0.39, 0.29) is 17.7 Å². The maximum atomic E-state index is 12.4. The van der Waals surface area contributed by atoms with E-state index in [4.69, 9.17) is 0 Å². The number of hydrogen-bond acceptors (Lipinski definition) is 6. The fourth-order valence-electron chi connectivity index (χ4n) is 2.37. The minimum Gasteiger partial charge on any atom is -0.311 e. The summed E-state index contributed by atoms with van der Waals surface area (Å²) >= 11 is 2.64. The van der Waals surface area contributed by atoms with Gasteiger partial charge < -0.3 is 10.2 Å². The minimum absolute atomic E-state index is 0.0629. The van der Waals surface area contributed by atoms with E-state index >= 15 is 0 Å². The molecule has 6 nitrogen and oxygen atoms in total. The van der Waals surface area contributed by atoms with Crippen LogP contribution in [0.2, 0.25) is 0 Å². The lowest BCUT2D eigenvalue weighted by atomic mass is 10.2. The molecule has 0 saturated heterocycles. The van der Waals surface area contributed by atoms with Crippen LogP contribution < -0.4 is 10.2 Å². The van der Waals surface area contributed by atoms with E-state index in [1.165, 1.54) is 28.7 Å². The quantitative estimate of drug-likeness (QED) is 0.654. The third-order valence-electron chi connectivity index (χ3n) is 3.67. The molecule has 0 saturated carbocycles. The van der Waals surface area contributed by atoms with E-state index in [2.05, 4.69) is 21.6 Å². The molecular formula is C16H18N4O2S2. The molecule has 1 aromatic heterocycles. The third kappa shape index (κ3) is 3.76. The van der Waals surface area contributed by atoms with Crippen molar-refractivity contribution in [1.82, 2.24) is 10.2 Å². The van der Waals surface area contributed by atoms with Crippen LogP contribution in [-0.4, -0.2) is 34.3 Å². The van der Waals surface area contributed by atoms with E-state index < -0.39 is 0 Å². The summed E-state index contributed by atoms with van der Waals surface area (Å²) in [6.07, 6.45) is 0.900. The maximum Gasteiger partial charge on any atom is 0.237 e. The van der Waals surface area contributed by atoms with Crippen LogP contribution in [0.1, 0.15) is 19.4 Å². The van der Waals surface area contributed by atoms with Gasteiger partial charge in [-0.25, -0.2) is 0 Å². The largest absolute Gasteiger partial charge is 0.311 e. The van der Waals surface area contributed by atoms with Gasteiger partial charge in [0.1, 0.15) is 0 Å². The zero-order valence-corrected chi connectivity index (χ0v) is 15.1. The Morgan fingerprint density at radius 3 is 2.92 bits per heavy atom. The van der Waals surface area contributed by atoms with Gasteiger partial charge in [0.05, 0.1) is 5.75 Å². The van der Waals surface area contributed by atoms with Crippen LogP contribution in [0.3, 0.4) is 0 Å². The molecule has 0 atom stereocenters. The van der Waals surface area contributed by atoms with E-state index in [0.29, 0.717) is 15.2 Å². The second-order valence-electron chi connectivity index (χ2n) is 5.73. The van der Waals surface area contributed by atoms with E-state index in [1.54, 1.807) is 0 Å². The van der Waals surface area contributed by atoms with Gasteiger partial charge in [0.2, 0.25) is 16.9 Å². The first kappa shape index (κ1) is 16.9. The van der Waals surface area contributed by atoms with Crippen molar-refractivity contribution in [2.75, 3.05) is 22.5 Å². The Balaban J connectivity index is 1.56. The van der Waals surface area contributed by atoms with Crippen LogP contribution in [0.15, 0.2) is 28.6 Å². The van der Waals surface area contributed by atoms with Gasteiger partial charge in [0, 0.05) is 18.2 Å². The molecule has 8 heteroatoms. The summed E-state index contributed by atoms with van der Waals surface area (Å²) in [7, 11) is 0. The lowest BCUT2D eigenvalue weighted by Crippen LogP contribution is -2.30. The first-order valence-corrected chi connectivity index (χ1v) is 9.50. The first-order chi connectivity index (χ1) is 11.5. The monoisotopic (exact) mass is 362 g/mol. The standard InChI is InChI=1S/C16H18N4O2S2/c1-10(2)14(22)17-15-18-19-16(24-15)23-9-13(21)20-8-7-11-5-3-4-6-12(11)20/h3-6,10H,7-9H2,1-2H3,(H,17,18,22). The lowest BCUT2D eigenvalue weighted by Gasteiger charge is -2.16. The number of hydrogen-bond donors (Lipinski definition) is 1. The molecular weight excluding hydrogens is 344 g/mol. The number of aromatic nitrogens is 2. The molecule has 24 heavy (non-hydrogen) atoms. The molecule has 0 spiro atoms. The normalized spacial score (nSPS) is 13.2. The van der Waals surface area contributed by atoms with E-state index in [0.717, 1.165) is 18.7 Å². The molecule has 1 aromatic carbocycles. The average molecular weight is 362 g/mol. The molecule has 0 aliphatic carbocycles. The SMILES string of the molecule is CC(C)C(=O)Nc1nnc(SCC(=O)N2CCc3ccccc32)s1. The van der Waals surface area contributed by atoms with Gasteiger partial charge in [-0.05, 0) is 18.1 Å². The zero-order valence-electron chi connectivity index (χ0n) is 13.5. The maximum absolute atomic E-state index is 12.4. The summed E-state index contributed by atoms with van der Waals surface area (Å²) in [5.74, 6) is 0.170. The molecule has 2 amide bonds. The highest BCUT2D eigenvalue weighted by Crippen LogP contribution is 2.30. The second kappa shape index (κ2) is 7.31. The number of thioether (sulfide) groups is 1. The van der Waals surface area contributed by atoms with Crippen molar-refractivity contribution in [3.63, 3.8) is 0 Å². The number of amides is 2. The molecule has 1 aliphatic rings. The van der Waals surface area contributed by atoms with Crippen molar-refractivity contribution >= 4 is 45.7 Å². The second-order valence-corrected chi connectivity index (χ2v) is 7.93. The van der Waals surface area contributed by atoms with Crippen molar-refractivity contribution < 1.29 is 9.59 Å². The number of anilines is 2. The van der Waals surface area contributed by atoms with Gasteiger partial charge in [-0.1, -0.05) is 55.1 Å². The fourth-order valence-corrected chi connectivity index (χ4v) is 4.00. The molecule has 126 valence electrons. The van der Waals surface area contributed by atoms with Crippen LogP contribution in [0.4, 0.5) is 10.8 Å². The highest BCUT2D eigenvalue weighted by molar-refractivity contribution is 8.01. The Hall–Kier alpha value is -1.93. The van der Waals surface area contributed by atoms with Crippen molar-refractivity contribution in [1.29, 1.82) is 0 Å². The Morgan fingerprint density at radius 1 is 1.33 bits per heavy atom. The summed E-state index contributed by atoms with van der Waals surface area (Å²) in [6, 6.07) is 7.99. The predicted octanol–water partition coefficient (Wildman–Crippen LogP) is 2.81. The van der Waals surface area contributed by atoms with Crippen LogP contribution in [0.5, 0.6) is 0 Å². The van der Waals surface area contributed by atoms with Gasteiger partial charge in [-0.3, -0.25) is 9.59 Å². The van der Waals surface area contributed by atoms with E-state index in [1.807, 2.05) is 36.9 Å². The van der Waals surface area contributed by atoms with Crippen LogP contribution in [0, 0.1) is 5.92 Å². The molecule has 1 aliphatic heterocycles. The zero-order chi connectivity index (χ0) is 17.1. The Kier molecular flexibility index (Phi) is 5.15. The van der Waals surface area contributed by atoms with Gasteiger partial charge in [0.15, 0.2) is 4.34 Å². The Morgan fingerprint density at radius 2 is 2.12 bits per heavy atom. The number of fused-ring (bicyclic) bond motifs is 1. The summed E-state index contributed by atoms with van der Waals surface area (Å²) in [6.45, 7) is 4.36. The van der Waals surface area contributed by atoms with Gasteiger partial charge in [-0.15, -0.1) is 10.2 Å². The topological polar surface area (TPSA) is 75.2 Å². The molecule has 1 N–H and O–H groups in total. The highest BCUT2D eigenvalue weighted by atomic mass is 32.2. The third-order valence-corrected chi connectivity index (χ3v) is 5.63. The molecule has 2 heterocycles. The molecule has 3 rings (SSSR count). The summed E-state index contributed by atoms with van der Waals surface area (Å²) in [4.78, 5) is 25.9. The van der Waals surface area contributed by atoms with Crippen molar-refractivity contribution in [3.8, 4) is 0 Å². The molecule has 0 fully saturated rings. The van der Waals surface area contributed by atoms with Crippen molar-refractivity contribution in [3.05, 3.63) is 29.8 Å². The minimum atomic E-state index is -0.109. The smallest absolute Gasteiger partial charge is 0.237 e. The number of para-hydroxylation sites is 1. The summed E-state index contributed by atoms with van der Waals surface area (Å²) in [5.41, 5.74) is 2.22. The van der Waals surface area contributed by atoms with Crippen LogP contribution in [0.25, 0.3) is 0 Å². The number of carbonyl (C=O) groups excluding carboxylic acids is 2. The van der Waals surface area contributed by atoms with Crippen LogP contribution >= 0.6 is 23.1 Å². The molecule has 0 radical (unpaired) electrons. The predicted molar refractivity (Wildman–Crippen MR) is 96.6 cm³/mol. The average Bonchev–Trinajstić information content (AvgIpc) is 3.19. The van der Waals surface area contributed by atoms with Gasteiger partial charge in [0.25, 0.3) is 0 Å². The first-order valence-electron chi connectivity index (χ1n) is 7.70.